The second kappa shape index (κ2) is 7.54. The van der Waals surface area contributed by atoms with E-state index in [1.807, 2.05) is 6.92 Å². The van der Waals surface area contributed by atoms with E-state index in [0.29, 0.717) is 6.42 Å². The highest BCUT2D eigenvalue weighted by Crippen LogP contribution is 2.20. The van der Waals surface area contributed by atoms with Gasteiger partial charge >= 0.3 is 6.18 Å². The van der Waals surface area contributed by atoms with E-state index >= 15 is 0 Å². The standard InChI is InChI=1S/C10H18F3NO/c1-2-3-4-6-9(15)14-8-5-7-10(11,12)13/h2-8H2,1H3,(H,14,15). The molecule has 0 heterocycles. The summed E-state index contributed by atoms with van der Waals surface area (Å²) >= 11 is 0. The smallest absolute Gasteiger partial charge is 0.356 e. The van der Waals surface area contributed by atoms with Gasteiger partial charge in [0.1, 0.15) is 0 Å². The molecule has 0 unspecified atom stereocenters. The number of alkyl halides is 3. The summed E-state index contributed by atoms with van der Waals surface area (Å²) in [5.74, 6) is -0.148. The molecule has 0 aromatic rings. The van der Waals surface area contributed by atoms with Gasteiger partial charge in [-0.25, -0.2) is 0 Å². The Morgan fingerprint density at radius 1 is 1.20 bits per heavy atom. The Morgan fingerprint density at radius 3 is 2.40 bits per heavy atom. The van der Waals surface area contributed by atoms with Crippen molar-refractivity contribution in [2.75, 3.05) is 6.54 Å². The van der Waals surface area contributed by atoms with Gasteiger partial charge in [-0.1, -0.05) is 19.8 Å². The minimum absolute atomic E-state index is 0.0387. The molecule has 1 N–H and O–H groups in total. The quantitative estimate of drug-likeness (QED) is 0.663. The number of hydrogen-bond acceptors (Lipinski definition) is 1. The van der Waals surface area contributed by atoms with Crippen molar-refractivity contribution in [3.63, 3.8) is 0 Å². The van der Waals surface area contributed by atoms with Gasteiger partial charge in [0.05, 0.1) is 0 Å². The van der Waals surface area contributed by atoms with E-state index in [9.17, 15) is 18.0 Å². The molecule has 0 aromatic carbocycles. The first-order valence-corrected chi connectivity index (χ1v) is 5.29. The summed E-state index contributed by atoms with van der Waals surface area (Å²) in [4.78, 5) is 11.1. The fraction of sp³-hybridized carbons (Fsp3) is 0.900. The fourth-order valence-electron chi connectivity index (χ4n) is 1.14. The molecule has 0 bridgehead atoms. The normalized spacial score (nSPS) is 11.5. The first kappa shape index (κ1) is 14.3. The van der Waals surface area contributed by atoms with Gasteiger partial charge in [0, 0.05) is 19.4 Å². The third kappa shape index (κ3) is 11.2. The van der Waals surface area contributed by atoms with Gasteiger partial charge in [0.2, 0.25) is 5.91 Å². The molecule has 0 aliphatic heterocycles. The van der Waals surface area contributed by atoms with E-state index < -0.39 is 12.6 Å². The Balaban J connectivity index is 3.32. The van der Waals surface area contributed by atoms with Gasteiger partial charge in [-0.3, -0.25) is 4.79 Å². The van der Waals surface area contributed by atoms with Crippen molar-refractivity contribution in [2.45, 2.75) is 51.6 Å². The van der Waals surface area contributed by atoms with Crippen LogP contribution in [0.3, 0.4) is 0 Å². The molecule has 90 valence electrons. The van der Waals surface area contributed by atoms with Crippen LogP contribution in [0.5, 0.6) is 0 Å². The summed E-state index contributed by atoms with van der Waals surface area (Å²) < 4.78 is 35.1. The average Bonchev–Trinajstić information content (AvgIpc) is 2.11. The van der Waals surface area contributed by atoms with Crippen LogP contribution in [-0.2, 0) is 4.79 Å². The maximum Gasteiger partial charge on any atom is 0.389 e. The molecule has 0 saturated carbocycles. The summed E-state index contributed by atoms with van der Waals surface area (Å²) in [6.45, 7) is 2.14. The van der Waals surface area contributed by atoms with Gasteiger partial charge in [0.15, 0.2) is 0 Å². The molecular formula is C10H18F3NO. The SMILES string of the molecule is CCCCCC(=O)NCCCC(F)(F)F. The van der Waals surface area contributed by atoms with Crippen LogP contribution < -0.4 is 5.32 Å². The predicted molar refractivity (Wildman–Crippen MR) is 52.4 cm³/mol. The monoisotopic (exact) mass is 225 g/mol. The highest BCUT2D eigenvalue weighted by molar-refractivity contribution is 5.75. The number of carbonyl (C=O) groups is 1. The van der Waals surface area contributed by atoms with E-state index in [1.54, 1.807) is 0 Å². The van der Waals surface area contributed by atoms with Gasteiger partial charge in [-0.15, -0.1) is 0 Å². The largest absolute Gasteiger partial charge is 0.389 e. The van der Waals surface area contributed by atoms with E-state index in [0.717, 1.165) is 19.3 Å². The summed E-state index contributed by atoms with van der Waals surface area (Å²) in [5.41, 5.74) is 0. The summed E-state index contributed by atoms with van der Waals surface area (Å²) in [5, 5.41) is 2.48. The Bertz CT molecular complexity index is 180. The van der Waals surface area contributed by atoms with Crippen LogP contribution in [0.25, 0.3) is 0 Å². The van der Waals surface area contributed by atoms with Crippen LogP contribution >= 0.6 is 0 Å². The van der Waals surface area contributed by atoms with Crippen LogP contribution in [0.4, 0.5) is 13.2 Å². The number of hydrogen-bond donors (Lipinski definition) is 1. The molecule has 0 rings (SSSR count). The zero-order valence-corrected chi connectivity index (χ0v) is 8.99. The number of halogens is 3. The maximum atomic E-state index is 11.7. The van der Waals surface area contributed by atoms with Crippen LogP contribution in [0.15, 0.2) is 0 Å². The van der Waals surface area contributed by atoms with Crippen molar-refractivity contribution in [1.29, 1.82) is 0 Å². The lowest BCUT2D eigenvalue weighted by molar-refractivity contribution is -0.136. The first-order chi connectivity index (χ1) is 6.95. The van der Waals surface area contributed by atoms with E-state index in [2.05, 4.69) is 5.32 Å². The van der Waals surface area contributed by atoms with Gasteiger partial charge in [0.25, 0.3) is 0 Å². The summed E-state index contributed by atoms with van der Waals surface area (Å²) in [6, 6.07) is 0. The van der Waals surface area contributed by atoms with E-state index in [4.69, 9.17) is 0 Å². The predicted octanol–water partition coefficient (Wildman–Crippen LogP) is 3.03. The second-order valence-electron chi connectivity index (χ2n) is 3.53. The molecule has 0 aliphatic rings. The molecule has 0 radical (unpaired) electrons. The Hall–Kier alpha value is -0.740. The van der Waals surface area contributed by atoms with Crippen molar-refractivity contribution in [2.24, 2.45) is 0 Å². The Kier molecular flexibility index (Phi) is 7.17. The average molecular weight is 225 g/mol. The van der Waals surface area contributed by atoms with Crippen molar-refractivity contribution < 1.29 is 18.0 Å². The van der Waals surface area contributed by atoms with Gasteiger partial charge in [-0.05, 0) is 12.8 Å². The second-order valence-corrected chi connectivity index (χ2v) is 3.53. The maximum absolute atomic E-state index is 11.7. The Morgan fingerprint density at radius 2 is 1.87 bits per heavy atom. The molecule has 0 saturated heterocycles. The number of amides is 1. The topological polar surface area (TPSA) is 29.1 Å². The van der Waals surface area contributed by atoms with Crippen molar-refractivity contribution in [3.05, 3.63) is 0 Å². The molecule has 1 amide bonds. The molecular weight excluding hydrogens is 207 g/mol. The van der Waals surface area contributed by atoms with Crippen LogP contribution in [0, 0.1) is 0 Å². The molecule has 15 heavy (non-hydrogen) atoms. The van der Waals surface area contributed by atoms with E-state index in [1.165, 1.54) is 0 Å². The molecule has 0 fully saturated rings. The molecule has 0 aliphatic carbocycles. The number of unbranched alkanes of at least 4 members (excludes halogenated alkanes) is 2. The zero-order chi connectivity index (χ0) is 11.7. The van der Waals surface area contributed by atoms with Crippen molar-refractivity contribution in [1.82, 2.24) is 5.32 Å². The van der Waals surface area contributed by atoms with Crippen LogP contribution in [0.2, 0.25) is 0 Å². The highest BCUT2D eigenvalue weighted by atomic mass is 19.4. The highest BCUT2D eigenvalue weighted by Gasteiger charge is 2.25. The summed E-state index contributed by atoms with van der Waals surface area (Å²) in [6.07, 6.45) is -1.75. The van der Waals surface area contributed by atoms with Crippen LogP contribution in [-0.4, -0.2) is 18.6 Å². The van der Waals surface area contributed by atoms with Crippen molar-refractivity contribution >= 4 is 5.91 Å². The molecule has 5 heteroatoms. The molecule has 0 atom stereocenters. The lowest BCUT2D eigenvalue weighted by Crippen LogP contribution is -2.25. The molecule has 2 nitrogen and oxygen atoms in total. The fourth-order valence-corrected chi connectivity index (χ4v) is 1.14. The summed E-state index contributed by atoms with van der Waals surface area (Å²) in [7, 11) is 0. The Labute approximate surface area is 88.2 Å². The lowest BCUT2D eigenvalue weighted by atomic mass is 10.2. The van der Waals surface area contributed by atoms with Crippen LogP contribution in [0.1, 0.15) is 45.4 Å². The zero-order valence-electron chi connectivity index (χ0n) is 8.99. The third-order valence-corrected chi connectivity index (χ3v) is 1.97. The minimum Gasteiger partial charge on any atom is -0.356 e. The van der Waals surface area contributed by atoms with E-state index in [-0.39, 0.29) is 18.9 Å². The first-order valence-electron chi connectivity index (χ1n) is 5.29. The number of nitrogens with one attached hydrogen (secondary N) is 1. The lowest BCUT2D eigenvalue weighted by Gasteiger charge is -2.07. The van der Waals surface area contributed by atoms with Gasteiger partial charge < -0.3 is 5.32 Å². The van der Waals surface area contributed by atoms with Crippen molar-refractivity contribution in [3.8, 4) is 0 Å². The third-order valence-electron chi connectivity index (χ3n) is 1.97. The van der Waals surface area contributed by atoms with Gasteiger partial charge in [-0.2, -0.15) is 13.2 Å². The molecule has 0 aromatic heterocycles. The minimum atomic E-state index is -4.12. The number of rotatable bonds is 7. The molecule has 0 spiro atoms. The number of carbonyl (C=O) groups excluding carboxylic acids is 1.